The van der Waals surface area contributed by atoms with Crippen LogP contribution in [-0.2, 0) is 14.3 Å². The zero-order valence-corrected chi connectivity index (χ0v) is 17.4. The lowest BCUT2D eigenvalue weighted by molar-refractivity contribution is -0.152. The fourth-order valence-corrected chi connectivity index (χ4v) is 3.13. The van der Waals surface area contributed by atoms with Gasteiger partial charge in [0.1, 0.15) is 11.0 Å². The van der Waals surface area contributed by atoms with Gasteiger partial charge in [0, 0.05) is 6.54 Å². The van der Waals surface area contributed by atoms with Crippen LogP contribution in [0.15, 0.2) is 48.1 Å². The van der Waals surface area contributed by atoms with Gasteiger partial charge in [0.25, 0.3) is 0 Å². The number of carbonyl (C=O) groups is 2. The number of esters is 1. The van der Waals surface area contributed by atoms with E-state index in [1.54, 1.807) is 58.0 Å². The quantitative estimate of drug-likeness (QED) is 0.672. The molecule has 1 aliphatic rings. The first kappa shape index (κ1) is 23.5. The van der Waals surface area contributed by atoms with Gasteiger partial charge in [-0.3, -0.25) is 4.79 Å². The number of nitrogens with one attached hydrogen (secondary N) is 1. The number of hydrogen-bond acceptors (Lipinski definition) is 4. The van der Waals surface area contributed by atoms with Crippen molar-refractivity contribution in [3.05, 3.63) is 53.6 Å². The van der Waals surface area contributed by atoms with Crippen LogP contribution in [0.1, 0.15) is 39.7 Å². The fourth-order valence-electron chi connectivity index (χ4n) is 3.13. The van der Waals surface area contributed by atoms with Crippen molar-refractivity contribution in [2.24, 2.45) is 5.41 Å². The minimum atomic E-state index is -4.60. The summed E-state index contributed by atoms with van der Waals surface area (Å²) in [6, 6.07) is 8.05. The number of allylic oxidation sites excluding steroid dienone is 3. The van der Waals surface area contributed by atoms with Crippen molar-refractivity contribution in [2.75, 3.05) is 13.2 Å². The van der Waals surface area contributed by atoms with E-state index < -0.39 is 34.8 Å². The average Bonchev–Trinajstić information content (AvgIpc) is 2.65. The molecule has 0 heterocycles. The summed E-state index contributed by atoms with van der Waals surface area (Å²) in [5.74, 6) is -0.716. The van der Waals surface area contributed by atoms with Crippen LogP contribution >= 0.6 is 0 Å². The van der Waals surface area contributed by atoms with Gasteiger partial charge in [-0.15, -0.1) is 0 Å². The minimum Gasteiger partial charge on any atom is -0.465 e. The molecule has 5 nitrogen and oxygen atoms in total. The van der Waals surface area contributed by atoms with Crippen molar-refractivity contribution in [2.45, 2.75) is 45.9 Å². The van der Waals surface area contributed by atoms with Crippen molar-refractivity contribution in [1.82, 2.24) is 5.32 Å². The summed E-state index contributed by atoms with van der Waals surface area (Å²) >= 11 is 0. The minimum absolute atomic E-state index is 0.0374. The number of alkyl halides is 3. The molecule has 0 bridgehead atoms. The van der Waals surface area contributed by atoms with Gasteiger partial charge in [0.2, 0.25) is 0 Å². The van der Waals surface area contributed by atoms with Crippen LogP contribution in [0.5, 0.6) is 0 Å². The predicted molar refractivity (Wildman–Crippen MR) is 106 cm³/mol. The Labute approximate surface area is 173 Å². The molecule has 0 fully saturated rings. The van der Waals surface area contributed by atoms with E-state index >= 15 is 0 Å². The Morgan fingerprint density at radius 1 is 1.13 bits per heavy atom. The van der Waals surface area contributed by atoms with Crippen molar-refractivity contribution in [1.29, 1.82) is 0 Å². The van der Waals surface area contributed by atoms with Crippen molar-refractivity contribution in [3.8, 4) is 0 Å². The number of carbonyl (C=O) groups excluding carboxylic acids is 2. The molecule has 0 radical (unpaired) electrons. The summed E-state index contributed by atoms with van der Waals surface area (Å²) < 4.78 is 51.3. The number of hydrogen-bond donors (Lipinski definition) is 1. The van der Waals surface area contributed by atoms with E-state index in [9.17, 15) is 22.8 Å². The second kappa shape index (κ2) is 8.93. The molecule has 8 heteroatoms. The maximum absolute atomic E-state index is 13.7. The lowest BCUT2D eigenvalue weighted by Gasteiger charge is -2.34. The highest BCUT2D eigenvalue weighted by Crippen LogP contribution is 2.45. The summed E-state index contributed by atoms with van der Waals surface area (Å²) in [6.45, 7) is 6.44. The zero-order chi connectivity index (χ0) is 22.6. The molecule has 1 aliphatic carbocycles. The lowest BCUT2D eigenvalue weighted by atomic mass is 9.74. The van der Waals surface area contributed by atoms with Crippen molar-refractivity contribution in [3.63, 3.8) is 0 Å². The van der Waals surface area contributed by atoms with E-state index in [1.807, 2.05) is 0 Å². The van der Waals surface area contributed by atoms with Crippen molar-refractivity contribution >= 4 is 17.6 Å². The Bertz CT molecular complexity index is 838. The highest BCUT2D eigenvalue weighted by molar-refractivity contribution is 5.87. The first-order chi connectivity index (χ1) is 13.9. The molecule has 1 aromatic carbocycles. The molecule has 0 aliphatic heterocycles. The summed E-state index contributed by atoms with van der Waals surface area (Å²) in [6.07, 6.45) is -3.60. The third-order valence-corrected chi connectivity index (χ3v) is 4.44. The number of amides is 1. The number of rotatable bonds is 5. The normalized spacial score (nSPS) is 19.4. The van der Waals surface area contributed by atoms with Gasteiger partial charge < -0.3 is 14.8 Å². The maximum Gasteiger partial charge on any atom is 0.416 e. The van der Waals surface area contributed by atoms with Gasteiger partial charge in [-0.05, 0) is 45.3 Å². The number of alkyl carbamates (subject to hydrolysis) is 1. The lowest BCUT2D eigenvalue weighted by Crippen LogP contribution is -2.45. The van der Waals surface area contributed by atoms with Crippen molar-refractivity contribution < 1.29 is 32.2 Å². The molecule has 2 rings (SSSR count). The second-order valence-electron chi connectivity index (χ2n) is 8.00. The first-order valence-corrected chi connectivity index (χ1v) is 9.57. The van der Waals surface area contributed by atoms with Crippen LogP contribution in [0, 0.1) is 5.41 Å². The molecule has 0 saturated heterocycles. The van der Waals surface area contributed by atoms with Gasteiger partial charge in [-0.2, -0.15) is 13.2 Å². The largest absolute Gasteiger partial charge is 0.465 e. The third-order valence-electron chi connectivity index (χ3n) is 4.44. The molecule has 1 atom stereocenters. The molecule has 0 saturated carbocycles. The van der Waals surface area contributed by atoms with E-state index in [0.29, 0.717) is 5.56 Å². The van der Waals surface area contributed by atoms with Gasteiger partial charge in [-0.25, -0.2) is 4.79 Å². The predicted octanol–water partition coefficient (Wildman–Crippen LogP) is 5.04. The number of benzene rings is 1. The Morgan fingerprint density at radius 3 is 2.30 bits per heavy atom. The Balaban J connectivity index is 2.42. The molecule has 1 amide bonds. The second-order valence-corrected chi connectivity index (χ2v) is 8.00. The van der Waals surface area contributed by atoms with Crippen LogP contribution in [0.25, 0.3) is 5.57 Å². The highest BCUT2D eigenvalue weighted by atomic mass is 19.4. The smallest absolute Gasteiger partial charge is 0.416 e. The summed E-state index contributed by atoms with van der Waals surface area (Å²) in [5, 5.41) is 2.50. The van der Waals surface area contributed by atoms with Gasteiger partial charge >= 0.3 is 18.2 Å². The topological polar surface area (TPSA) is 64.6 Å². The van der Waals surface area contributed by atoms with E-state index in [-0.39, 0.29) is 25.1 Å². The summed E-state index contributed by atoms with van der Waals surface area (Å²) in [7, 11) is 0. The highest BCUT2D eigenvalue weighted by Gasteiger charge is 2.46. The molecular formula is C22H26F3NO4. The molecule has 1 unspecified atom stereocenters. The molecule has 30 heavy (non-hydrogen) atoms. The van der Waals surface area contributed by atoms with E-state index in [2.05, 4.69) is 5.32 Å². The Kier molecular flexibility index (Phi) is 7.00. The van der Waals surface area contributed by atoms with E-state index in [0.717, 1.165) is 12.2 Å². The van der Waals surface area contributed by atoms with Gasteiger partial charge in [-0.1, -0.05) is 42.5 Å². The molecule has 164 valence electrons. The fraction of sp³-hybridized carbons (Fsp3) is 0.455. The van der Waals surface area contributed by atoms with Crippen LogP contribution in [0.3, 0.4) is 0 Å². The van der Waals surface area contributed by atoms with Gasteiger partial charge in [0.05, 0.1) is 12.2 Å². The Hall–Kier alpha value is -2.77. The Morgan fingerprint density at radius 2 is 1.77 bits per heavy atom. The van der Waals surface area contributed by atoms with Crippen LogP contribution in [0.2, 0.25) is 0 Å². The SMILES string of the molecule is CCOC(=O)C1(CNC(=O)OC(C)(C)C)C=CC(C(F)(F)F)=C(c2ccccc2)C1. The monoisotopic (exact) mass is 425 g/mol. The summed E-state index contributed by atoms with van der Waals surface area (Å²) in [5.41, 5.74) is -2.77. The standard InChI is InChI=1S/C22H26F3NO4/c1-5-29-18(27)21(14-26-19(28)30-20(2,3)4)12-11-17(22(23,24)25)16(13-21)15-9-7-6-8-10-15/h6-12H,5,13-14H2,1-4H3,(H,26,28). The summed E-state index contributed by atoms with van der Waals surface area (Å²) in [4.78, 5) is 24.9. The van der Waals surface area contributed by atoms with Crippen LogP contribution in [0.4, 0.5) is 18.0 Å². The van der Waals surface area contributed by atoms with E-state index in [1.165, 1.54) is 0 Å². The van der Waals surface area contributed by atoms with Crippen LogP contribution < -0.4 is 5.32 Å². The number of halogens is 3. The molecule has 0 aromatic heterocycles. The molecule has 0 spiro atoms. The zero-order valence-electron chi connectivity index (χ0n) is 17.4. The first-order valence-electron chi connectivity index (χ1n) is 9.57. The van der Waals surface area contributed by atoms with E-state index in [4.69, 9.17) is 9.47 Å². The third kappa shape index (κ3) is 5.87. The molecule has 1 N–H and O–H groups in total. The molecular weight excluding hydrogens is 399 g/mol. The molecule has 1 aromatic rings. The van der Waals surface area contributed by atoms with Gasteiger partial charge in [0.15, 0.2) is 0 Å². The maximum atomic E-state index is 13.7. The number of ether oxygens (including phenoxy) is 2. The van der Waals surface area contributed by atoms with Crippen LogP contribution in [-0.4, -0.2) is 37.0 Å². The average molecular weight is 425 g/mol.